The molecule has 0 unspecified atom stereocenters. The number of hydrogen-bond acceptors (Lipinski definition) is 4. The van der Waals surface area contributed by atoms with Crippen LogP contribution in [0.25, 0.3) is 0 Å². The van der Waals surface area contributed by atoms with Crippen LogP contribution in [0.4, 0.5) is 5.69 Å². The van der Waals surface area contributed by atoms with E-state index in [1.165, 1.54) is 5.56 Å². The Bertz CT molecular complexity index is 1270. The number of hydrogen-bond donors (Lipinski definition) is 1. The Morgan fingerprint density at radius 1 is 1.09 bits per heavy atom. The molecular formula is C27H28BrN3O3. The van der Waals surface area contributed by atoms with E-state index in [9.17, 15) is 4.79 Å². The number of ether oxygens (including phenoxy) is 1. The van der Waals surface area contributed by atoms with Crippen LogP contribution in [0, 0.1) is 13.8 Å². The topological polar surface area (TPSA) is 69.3 Å². The molecule has 4 rings (SSSR count). The maximum Gasteiger partial charge on any atom is 0.291 e. The van der Waals surface area contributed by atoms with Crippen LogP contribution < -0.4 is 10.1 Å². The van der Waals surface area contributed by atoms with Crippen LogP contribution in [0.15, 0.2) is 69.6 Å². The fourth-order valence-electron chi connectivity index (χ4n) is 3.72. The lowest BCUT2D eigenvalue weighted by Crippen LogP contribution is -2.11. The highest BCUT2D eigenvalue weighted by Gasteiger charge is 2.13. The van der Waals surface area contributed by atoms with Gasteiger partial charge < -0.3 is 14.5 Å². The molecule has 0 spiro atoms. The molecular weight excluding hydrogens is 494 g/mol. The van der Waals surface area contributed by atoms with Crippen molar-refractivity contribution in [2.45, 2.75) is 46.8 Å². The van der Waals surface area contributed by atoms with Gasteiger partial charge in [-0.15, -0.1) is 0 Å². The average Bonchev–Trinajstić information content (AvgIpc) is 3.40. The number of halogens is 1. The Balaban J connectivity index is 1.35. The molecule has 0 fully saturated rings. The first kappa shape index (κ1) is 23.8. The molecule has 0 bridgehead atoms. The van der Waals surface area contributed by atoms with Gasteiger partial charge in [0.15, 0.2) is 5.76 Å². The van der Waals surface area contributed by atoms with Crippen molar-refractivity contribution in [3.8, 4) is 5.75 Å². The minimum atomic E-state index is -0.304. The van der Waals surface area contributed by atoms with E-state index in [2.05, 4.69) is 45.4 Å². The summed E-state index contributed by atoms with van der Waals surface area (Å²) < 4.78 is 14.5. The molecule has 0 saturated heterocycles. The fourth-order valence-corrected chi connectivity index (χ4v) is 4.00. The molecule has 2 aromatic carbocycles. The molecule has 7 heteroatoms. The second-order valence-electron chi connectivity index (χ2n) is 8.25. The van der Waals surface area contributed by atoms with E-state index in [-0.39, 0.29) is 18.3 Å². The Morgan fingerprint density at radius 3 is 2.59 bits per heavy atom. The number of benzene rings is 2. The van der Waals surface area contributed by atoms with E-state index in [1.807, 2.05) is 54.9 Å². The van der Waals surface area contributed by atoms with Gasteiger partial charge in [0.05, 0.1) is 22.4 Å². The third-order valence-corrected chi connectivity index (χ3v) is 6.69. The lowest BCUT2D eigenvalue weighted by atomic mass is 10.1. The monoisotopic (exact) mass is 521 g/mol. The van der Waals surface area contributed by atoms with Gasteiger partial charge in [-0.25, -0.2) is 0 Å². The second kappa shape index (κ2) is 10.7. The molecule has 4 aromatic rings. The lowest BCUT2D eigenvalue weighted by Gasteiger charge is -2.08. The third-order valence-electron chi connectivity index (χ3n) is 5.54. The minimum Gasteiger partial charge on any atom is -0.486 e. The van der Waals surface area contributed by atoms with E-state index in [1.54, 1.807) is 12.1 Å². The molecule has 0 aliphatic heterocycles. The molecule has 0 aliphatic rings. The van der Waals surface area contributed by atoms with Gasteiger partial charge in [-0.1, -0.05) is 37.6 Å². The summed E-state index contributed by atoms with van der Waals surface area (Å²) in [6, 6.07) is 19.2. The highest BCUT2D eigenvalue weighted by atomic mass is 79.9. The summed E-state index contributed by atoms with van der Waals surface area (Å²) in [6.45, 7) is 7.02. The molecule has 176 valence electrons. The first-order valence-corrected chi connectivity index (χ1v) is 12.1. The molecule has 2 heterocycles. The molecule has 6 nitrogen and oxygen atoms in total. The number of nitrogens with one attached hydrogen (secondary N) is 1. The lowest BCUT2D eigenvalue weighted by molar-refractivity contribution is 0.0992. The van der Waals surface area contributed by atoms with Crippen molar-refractivity contribution in [1.82, 2.24) is 9.78 Å². The van der Waals surface area contributed by atoms with Gasteiger partial charge in [0, 0.05) is 5.69 Å². The predicted molar refractivity (Wildman–Crippen MR) is 136 cm³/mol. The molecule has 34 heavy (non-hydrogen) atoms. The summed E-state index contributed by atoms with van der Waals surface area (Å²) in [6.07, 6.45) is 2.17. The van der Waals surface area contributed by atoms with Crippen LogP contribution in [0.1, 0.15) is 52.2 Å². The Labute approximate surface area is 208 Å². The van der Waals surface area contributed by atoms with E-state index in [0.29, 0.717) is 18.0 Å². The van der Waals surface area contributed by atoms with Crippen molar-refractivity contribution < 1.29 is 13.9 Å². The van der Waals surface area contributed by atoms with Crippen LogP contribution in [-0.2, 0) is 19.6 Å². The Kier molecular flexibility index (Phi) is 7.53. The standard InChI is InChI=1S/C27H28BrN3O3/c1-4-6-20-9-11-23(12-10-20)33-17-24-13-14-25(34-24)27(32)29-22-8-5-7-21(15-22)16-31-19(3)26(28)18(2)30-31/h5,7-15H,4,6,16-17H2,1-3H3,(H,29,32). The molecule has 0 atom stereocenters. The van der Waals surface area contributed by atoms with Crippen molar-refractivity contribution in [1.29, 1.82) is 0 Å². The van der Waals surface area contributed by atoms with Crippen molar-refractivity contribution in [2.24, 2.45) is 0 Å². The summed E-state index contributed by atoms with van der Waals surface area (Å²) in [5.41, 5.74) is 5.04. The van der Waals surface area contributed by atoms with Gasteiger partial charge in [0.1, 0.15) is 18.1 Å². The van der Waals surface area contributed by atoms with Gasteiger partial charge in [-0.3, -0.25) is 9.48 Å². The van der Waals surface area contributed by atoms with Crippen molar-refractivity contribution in [2.75, 3.05) is 5.32 Å². The zero-order chi connectivity index (χ0) is 24.1. The quantitative estimate of drug-likeness (QED) is 0.266. The highest BCUT2D eigenvalue weighted by Crippen LogP contribution is 2.22. The minimum absolute atomic E-state index is 0.241. The number of aryl methyl sites for hydroxylation is 2. The van der Waals surface area contributed by atoms with E-state index in [0.717, 1.165) is 40.0 Å². The highest BCUT2D eigenvalue weighted by molar-refractivity contribution is 9.10. The number of anilines is 1. The normalized spacial score (nSPS) is 10.9. The van der Waals surface area contributed by atoms with Crippen LogP contribution in [0.3, 0.4) is 0 Å². The number of amides is 1. The number of aromatic nitrogens is 2. The summed E-state index contributed by atoms with van der Waals surface area (Å²) in [7, 11) is 0. The first-order chi connectivity index (χ1) is 16.4. The number of carbonyl (C=O) groups excluding carboxylic acids is 1. The number of furan rings is 1. The Hall–Kier alpha value is -3.32. The van der Waals surface area contributed by atoms with Crippen molar-refractivity contribution in [3.05, 3.63) is 99.2 Å². The van der Waals surface area contributed by atoms with E-state index < -0.39 is 0 Å². The van der Waals surface area contributed by atoms with Crippen LogP contribution >= 0.6 is 15.9 Å². The van der Waals surface area contributed by atoms with E-state index >= 15 is 0 Å². The largest absolute Gasteiger partial charge is 0.486 e. The summed E-state index contributed by atoms with van der Waals surface area (Å²) in [5.74, 6) is 1.30. The number of rotatable bonds is 9. The first-order valence-electron chi connectivity index (χ1n) is 11.3. The molecule has 0 saturated carbocycles. The predicted octanol–water partition coefficient (Wildman–Crippen LogP) is 6.69. The average molecular weight is 522 g/mol. The SMILES string of the molecule is CCCc1ccc(OCc2ccc(C(=O)Nc3cccc(Cn4nc(C)c(Br)c4C)c3)o2)cc1. The maximum absolute atomic E-state index is 12.7. The Morgan fingerprint density at radius 2 is 1.88 bits per heavy atom. The van der Waals surface area contributed by atoms with Crippen LogP contribution in [0.5, 0.6) is 5.75 Å². The van der Waals surface area contributed by atoms with Gasteiger partial charge >= 0.3 is 0 Å². The fraction of sp³-hybridized carbons (Fsp3) is 0.259. The van der Waals surface area contributed by atoms with Gasteiger partial charge in [-0.2, -0.15) is 5.10 Å². The van der Waals surface area contributed by atoms with Crippen molar-refractivity contribution >= 4 is 27.5 Å². The summed E-state index contributed by atoms with van der Waals surface area (Å²) >= 11 is 3.56. The number of carbonyl (C=O) groups is 1. The van der Waals surface area contributed by atoms with E-state index in [4.69, 9.17) is 9.15 Å². The van der Waals surface area contributed by atoms with Gasteiger partial charge in [0.2, 0.25) is 0 Å². The smallest absolute Gasteiger partial charge is 0.291 e. The maximum atomic E-state index is 12.7. The second-order valence-corrected chi connectivity index (χ2v) is 9.04. The number of nitrogens with zero attached hydrogens (tertiary/aromatic N) is 2. The molecule has 1 N–H and O–H groups in total. The van der Waals surface area contributed by atoms with Crippen LogP contribution in [0.2, 0.25) is 0 Å². The molecule has 0 radical (unpaired) electrons. The van der Waals surface area contributed by atoms with Crippen molar-refractivity contribution in [3.63, 3.8) is 0 Å². The zero-order valence-electron chi connectivity index (χ0n) is 19.6. The van der Waals surface area contributed by atoms with Crippen LogP contribution in [-0.4, -0.2) is 15.7 Å². The summed E-state index contributed by atoms with van der Waals surface area (Å²) in [5, 5.41) is 7.46. The zero-order valence-corrected chi connectivity index (χ0v) is 21.2. The molecule has 0 aliphatic carbocycles. The molecule has 2 aromatic heterocycles. The van der Waals surface area contributed by atoms with Gasteiger partial charge in [0.25, 0.3) is 5.91 Å². The molecule has 1 amide bonds. The summed E-state index contributed by atoms with van der Waals surface area (Å²) in [4.78, 5) is 12.7. The third kappa shape index (κ3) is 5.78. The van der Waals surface area contributed by atoms with Gasteiger partial charge in [-0.05, 0) is 83.7 Å².